The first-order valence-electron chi connectivity index (χ1n) is 8.30. The number of carbonyl (C=O) groups is 4. The molecule has 2 heterocycles. The Hall–Kier alpha value is -3.68. The number of nitrogens with zero attached hydrogens (tertiary/aromatic N) is 1. The van der Waals surface area contributed by atoms with Gasteiger partial charge in [-0.3, -0.25) is 24.1 Å². The summed E-state index contributed by atoms with van der Waals surface area (Å²) in [7, 11) is 0. The highest BCUT2D eigenvalue weighted by Crippen LogP contribution is 2.31. The van der Waals surface area contributed by atoms with Crippen LogP contribution in [0.1, 0.15) is 27.6 Å². The minimum Gasteiger partial charge on any atom is -0.482 e. The van der Waals surface area contributed by atoms with Crippen LogP contribution in [0.25, 0.3) is 0 Å². The molecule has 0 bridgehead atoms. The Morgan fingerprint density at radius 1 is 1.11 bits per heavy atom. The third-order valence-electron chi connectivity index (χ3n) is 4.47. The molecule has 2 N–H and O–H groups in total. The zero-order valence-electron chi connectivity index (χ0n) is 14.3. The molecule has 0 fully saturated rings. The second-order valence-corrected chi connectivity index (χ2v) is 6.24. The first kappa shape index (κ1) is 16.8. The molecule has 2 aromatic carbocycles. The van der Waals surface area contributed by atoms with Gasteiger partial charge in [-0.1, -0.05) is 12.1 Å². The quantitative estimate of drug-likeness (QED) is 0.805. The van der Waals surface area contributed by atoms with Gasteiger partial charge in [0.1, 0.15) is 11.8 Å². The Kier molecular flexibility index (Phi) is 3.88. The van der Waals surface area contributed by atoms with Crippen molar-refractivity contribution in [2.45, 2.75) is 13.0 Å². The van der Waals surface area contributed by atoms with E-state index < -0.39 is 23.8 Å². The highest BCUT2D eigenvalue weighted by atomic mass is 16.5. The number of amides is 4. The summed E-state index contributed by atoms with van der Waals surface area (Å²) in [5.41, 5.74) is 1.52. The number of imide groups is 1. The lowest BCUT2D eigenvalue weighted by Crippen LogP contribution is -2.45. The standard InChI is InChI=1S/C19H15N3O5/c1-10(22-18(25)12-4-2-3-5-13(12)19(22)26)17(24)20-11-6-7-14-15(8-11)27-9-16(23)21-14/h2-8,10H,9H2,1H3,(H,20,24)(H,21,23). The predicted molar refractivity (Wildman–Crippen MR) is 95.6 cm³/mol. The van der Waals surface area contributed by atoms with Gasteiger partial charge in [0.05, 0.1) is 16.8 Å². The van der Waals surface area contributed by atoms with Crippen molar-refractivity contribution in [1.29, 1.82) is 0 Å². The van der Waals surface area contributed by atoms with Gasteiger partial charge in [-0.2, -0.15) is 0 Å². The summed E-state index contributed by atoms with van der Waals surface area (Å²) in [5, 5.41) is 5.33. The van der Waals surface area contributed by atoms with Crippen LogP contribution in [0.4, 0.5) is 11.4 Å². The second kappa shape index (κ2) is 6.24. The molecule has 0 spiro atoms. The fourth-order valence-electron chi connectivity index (χ4n) is 3.08. The van der Waals surface area contributed by atoms with Crippen LogP contribution in [0, 0.1) is 0 Å². The molecule has 1 atom stereocenters. The molecule has 0 saturated carbocycles. The van der Waals surface area contributed by atoms with Crippen LogP contribution in [0.5, 0.6) is 5.75 Å². The molecule has 0 aliphatic carbocycles. The van der Waals surface area contributed by atoms with Crippen molar-refractivity contribution in [3.8, 4) is 5.75 Å². The number of fused-ring (bicyclic) bond motifs is 2. The Morgan fingerprint density at radius 2 is 1.78 bits per heavy atom. The van der Waals surface area contributed by atoms with E-state index in [0.29, 0.717) is 28.3 Å². The molecule has 0 saturated heterocycles. The number of ether oxygens (including phenoxy) is 1. The average molecular weight is 365 g/mol. The number of hydrogen-bond donors (Lipinski definition) is 2. The predicted octanol–water partition coefficient (Wildman–Crippen LogP) is 1.64. The van der Waals surface area contributed by atoms with Crippen LogP contribution in [0.2, 0.25) is 0 Å². The van der Waals surface area contributed by atoms with Crippen LogP contribution in [0.3, 0.4) is 0 Å². The van der Waals surface area contributed by atoms with E-state index in [1.165, 1.54) is 6.92 Å². The highest BCUT2D eigenvalue weighted by molar-refractivity contribution is 6.23. The van der Waals surface area contributed by atoms with E-state index in [2.05, 4.69) is 10.6 Å². The van der Waals surface area contributed by atoms with E-state index in [1.54, 1.807) is 42.5 Å². The number of rotatable bonds is 3. The van der Waals surface area contributed by atoms with Crippen molar-refractivity contribution in [3.63, 3.8) is 0 Å². The summed E-state index contributed by atoms with van der Waals surface area (Å²) in [6.45, 7) is 1.39. The molecule has 4 rings (SSSR count). The van der Waals surface area contributed by atoms with Gasteiger partial charge in [0.2, 0.25) is 5.91 Å². The van der Waals surface area contributed by atoms with Crippen LogP contribution < -0.4 is 15.4 Å². The Bertz CT molecular complexity index is 966. The van der Waals surface area contributed by atoms with Crippen molar-refractivity contribution < 1.29 is 23.9 Å². The van der Waals surface area contributed by atoms with E-state index in [1.807, 2.05) is 0 Å². The van der Waals surface area contributed by atoms with Gasteiger partial charge < -0.3 is 15.4 Å². The smallest absolute Gasteiger partial charge is 0.262 e. The molecule has 2 aliphatic heterocycles. The second-order valence-electron chi connectivity index (χ2n) is 6.24. The molecular weight excluding hydrogens is 350 g/mol. The molecule has 8 nitrogen and oxygen atoms in total. The number of anilines is 2. The van der Waals surface area contributed by atoms with E-state index in [-0.39, 0.29) is 12.5 Å². The maximum atomic E-state index is 12.6. The van der Waals surface area contributed by atoms with Crippen molar-refractivity contribution in [3.05, 3.63) is 53.6 Å². The van der Waals surface area contributed by atoms with Gasteiger partial charge in [0, 0.05) is 11.8 Å². The fraction of sp³-hybridized carbons (Fsp3) is 0.158. The minimum absolute atomic E-state index is 0.101. The fourth-order valence-corrected chi connectivity index (χ4v) is 3.08. The Balaban J connectivity index is 1.52. The van der Waals surface area contributed by atoms with E-state index in [9.17, 15) is 19.2 Å². The van der Waals surface area contributed by atoms with Gasteiger partial charge in [-0.25, -0.2) is 0 Å². The van der Waals surface area contributed by atoms with Crippen LogP contribution in [0.15, 0.2) is 42.5 Å². The minimum atomic E-state index is -0.992. The van der Waals surface area contributed by atoms with Crippen LogP contribution >= 0.6 is 0 Å². The van der Waals surface area contributed by atoms with E-state index in [0.717, 1.165) is 4.90 Å². The number of benzene rings is 2. The summed E-state index contributed by atoms with van der Waals surface area (Å²) in [4.78, 5) is 49.8. The zero-order chi connectivity index (χ0) is 19.1. The van der Waals surface area contributed by atoms with Crippen molar-refractivity contribution in [2.75, 3.05) is 17.2 Å². The summed E-state index contributed by atoms with van der Waals surface area (Å²) in [6, 6.07) is 10.3. The molecule has 2 aliphatic rings. The van der Waals surface area contributed by atoms with Gasteiger partial charge in [0.25, 0.3) is 17.7 Å². The van der Waals surface area contributed by atoms with Crippen LogP contribution in [-0.4, -0.2) is 41.2 Å². The van der Waals surface area contributed by atoms with E-state index in [4.69, 9.17) is 4.74 Å². The topological polar surface area (TPSA) is 105 Å². The SMILES string of the molecule is CC(C(=O)Nc1ccc2c(c1)OCC(=O)N2)N1C(=O)c2ccccc2C1=O. The largest absolute Gasteiger partial charge is 0.482 e. The zero-order valence-corrected chi connectivity index (χ0v) is 14.3. The number of hydrogen-bond acceptors (Lipinski definition) is 5. The summed E-state index contributed by atoms with van der Waals surface area (Å²) in [5.74, 6) is -1.31. The molecular formula is C19H15N3O5. The van der Waals surface area contributed by atoms with Crippen LogP contribution in [-0.2, 0) is 9.59 Å². The average Bonchev–Trinajstić information content (AvgIpc) is 2.92. The highest BCUT2D eigenvalue weighted by Gasteiger charge is 2.40. The molecule has 0 radical (unpaired) electrons. The summed E-state index contributed by atoms with van der Waals surface area (Å²) < 4.78 is 5.31. The third-order valence-corrected chi connectivity index (χ3v) is 4.47. The van der Waals surface area contributed by atoms with Gasteiger partial charge in [0.15, 0.2) is 6.61 Å². The first-order valence-corrected chi connectivity index (χ1v) is 8.30. The Labute approximate surface area is 154 Å². The lowest BCUT2D eigenvalue weighted by Gasteiger charge is -2.22. The molecule has 1 unspecified atom stereocenters. The molecule has 0 aromatic heterocycles. The molecule has 136 valence electrons. The summed E-state index contributed by atoms with van der Waals surface area (Å²) >= 11 is 0. The van der Waals surface area contributed by atoms with Crippen molar-refractivity contribution in [2.24, 2.45) is 0 Å². The van der Waals surface area contributed by atoms with Gasteiger partial charge >= 0.3 is 0 Å². The van der Waals surface area contributed by atoms with Gasteiger partial charge in [-0.05, 0) is 31.2 Å². The number of nitrogens with one attached hydrogen (secondary N) is 2. The molecule has 27 heavy (non-hydrogen) atoms. The lowest BCUT2D eigenvalue weighted by atomic mass is 10.1. The third kappa shape index (κ3) is 2.80. The first-order chi connectivity index (χ1) is 13.0. The summed E-state index contributed by atoms with van der Waals surface area (Å²) in [6.07, 6.45) is 0. The van der Waals surface area contributed by atoms with Crippen molar-refractivity contribution in [1.82, 2.24) is 4.90 Å². The molecule has 4 amide bonds. The number of carbonyl (C=O) groups excluding carboxylic acids is 4. The Morgan fingerprint density at radius 3 is 2.44 bits per heavy atom. The lowest BCUT2D eigenvalue weighted by molar-refractivity contribution is -0.119. The maximum Gasteiger partial charge on any atom is 0.262 e. The monoisotopic (exact) mass is 365 g/mol. The maximum absolute atomic E-state index is 12.6. The normalized spacial score (nSPS) is 16.2. The van der Waals surface area contributed by atoms with Gasteiger partial charge in [-0.15, -0.1) is 0 Å². The van der Waals surface area contributed by atoms with E-state index >= 15 is 0 Å². The molecule has 2 aromatic rings. The van der Waals surface area contributed by atoms with Crippen molar-refractivity contribution >= 4 is 35.0 Å². The molecule has 8 heteroatoms.